The van der Waals surface area contributed by atoms with Crippen LogP contribution in [0.1, 0.15) is 11.1 Å². The largest absolute Gasteiger partial charge is 0.350 e. The van der Waals surface area contributed by atoms with Crippen LogP contribution in [0.2, 0.25) is 0 Å². The van der Waals surface area contributed by atoms with Crippen LogP contribution in [0.5, 0.6) is 0 Å². The molecule has 0 aromatic heterocycles. The molecule has 0 fully saturated rings. The molecule has 1 aliphatic heterocycles. The maximum absolute atomic E-state index is 13.6. The molecule has 1 N–H and O–H groups in total. The molecule has 0 spiro atoms. The fourth-order valence-corrected chi connectivity index (χ4v) is 4.05. The van der Waals surface area contributed by atoms with Crippen LogP contribution < -0.4 is 10.2 Å². The number of rotatable bonds is 5. The van der Waals surface area contributed by atoms with Gasteiger partial charge < -0.3 is 5.32 Å². The van der Waals surface area contributed by atoms with Gasteiger partial charge in [0.15, 0.2) is 0 Å². The highest BCUT2D eigenvalue weighted by Crippen LogP contribution is 2.35. The van der Waals surface area contributed by atoms with E-state index in [1.54, 1.807) is 0 Å². The summed E-state index contributed by atoms with van der Waals surface area (Å²) < 4.78 is 0. The van der Waals surface area contributed by atoms with Crippen molar-refractivity contribution in [2.24, 2.45) is 0 Å². The fraction of sp³-hybridized carbons (Fsp3) is 0. The van der Waals surface area contributed by atoms with Crippen LogP contribution in [0.15, 0.2) is 96.7 Å². The molecule has 0 radical (unpaired) electrons. The molecule has 0 aliphatic carbocycles. The Morgan fingerprint density at radius 3 is 2.20 bits per heavy atom. The first kappa shape index (κ1) is 21.6. The van der Waals surface area contributed by atoms with Crippen LogP contribution in [0, 0.1) is 21.4 Å². The lowest BCUT2D eigenvalue weighted by Crippen LogP contribution is -2.32. The van der Waals surface area contributed by atoms with Gasteiger partial charge in [-0.3, -0.25) is 19.7 Å². The quantitative estimate of drug-likeness (QED) is 0.254. The van der Waals surface area contributed by atoms with E-state index in [0.29, 0.717) is 22.5 Å². The van der Waals surface area contributed by atoms with E-state index in [9.17, 15) is 19.7 Å². The number of carbonyl (C=O) groups excluding carboxylic acids is 2. The van der Waals surface area contributed by atoms with Gasteiger partial charge in [0.2, 0.25) is 0 Å². The lowest BCUT2D eigenvalue weighted by atomic mass is 10.0. The molecule has 8 heteroatoms. The summed E-state index contributed by atoms with van der Waals surface area (Å²) in [5, 5.41) is 25.1. The Labute approximate surface area is 199 Å². The smallest absolute Gasteiger partial charge is 0.282 e. The van der Waals surface area contributed by atoms with E-state index in [1.807, 2.05) is 48.5 Å². The van der Waals surface area contributed by atoms with E-state index in [4.69, 9.17) is 5.26 Å². The predicted octanol–water partition coefficient (Wildman–Crippen LogP) is 5.02. The molecule has 1 aliphatic rings. The number of benzene rings is 4. The number of nitro benzene ring substituents is 1. The number of anilines is 2. The van der Waals surface area contributed by atoms with Gasteiger partial charge in [-0.1, -0.05) is 36.4 Å². The number of nitrogens with zero attached hydrogens (tertiary/aromatic N) is 3. The summed E-state index contributed by atoms with van der Waals surface area (Å²) in [4.78, 5) is 38.7. The van der Waals surface area contributed by atoms with Gasteiger partial charge in [-0.2, -0.15) is 5.26 Å². The zero-order valence-electron chi connectivity index (χ0n) is 18.1. The summed E-state index contributed by atoms with van der Waals surface area (Å²) in [6, 6.07) is 26.8. The Hall–Kier alpha value is -5.29. The molecular weight excluding hydrogens is 444 g/mol. The van der Waals surface area contributed by atoms with Crippen molar-refractivity contribution in [3.8, 4) is 6.07 Å². The Balaban J connectivity index is 1.64. The molecule has 35 heavy (non-hydrogen) atoms. The maximum atomic E-state index is 13.6. The summed E-state index contributed by atoms with van der Waals surface area (Å²) in [6.07, 6.45) is 0. The Morgan fingerprint density at radius 1 is 0.829 bits per heavy atom. The number of nitro groups is 1. The number of carbonyl (C=O) groups is 2. The van der Waals surface area contributed by atoms with Crippen molar-refractivity contribution in [2.45, 2.75) is 0 Å². The third kappa shape index (κ3) is 3.77. The van der Waals surface area contributed by atoms with Crippen molar-refractivity contribution in [1.29, 1.82) is 5.26 Å². The first-order valence-electron chi connectivity index (χ1n) is 10.6. The molecule has 4 aromatic carbocycles. The lowest BCUT2D eigenvalue weighted by molar-refractivity contribution is -0.384. The second kappa shape index (κ2) is 8.57. The van der Waals surface area contributed by atoms with Crippen molar-refractivity contribution in [1.82, 2.24) is 0 Å². The third-order valence-corrected chi connectivity index (χ3v) is 5.75. The Morgan fingerprint density at radius 2 is 1.51 bits per heavy atom. The van der Waals surface area contributed by atoms with Crippen LogP contribution in [-0.4, -0.2) is 16.7 Å². The number of nitrogens with one attached hydrogen (secondary N) is 1. The van der Waals surface area contributed by atoms with E-state index in [2.05, 4.69) is 5.32 Å². The van der Waals surface area contributed by atoms with Crippen LogP contribution in [0.4, 0.5) is 17.1 Å². The van der Waals surface area contributed by atoms with Crippen molar-refractivity contribution >= 4 is 45.2 Å². The number of hydrogen-bond donors (Lipinski definition) is 1. The van der Waals surface area contributed by atoms with Crippen molar-refractivity contribution < 1.29 is 14.5 Å². The highest BCUT2D eigenvalue weighted by Gasteiger charge is 2.40. The molecule has 0 bridgehead atoms. The molecule has 0 saturated heterocycles. The van der Waals surface area contributed by atoms with Gasteiger partial charge in [0.05, 0.1) is 27.8 Å². The fourth-order valence-electron chi connectivity index (χ4n) is 4.05. The van der Waals surface area contributed by atoms with Gasteiger partial charge in [0.1, 0.15) is 5.70 Å². The van der Waals surface area contributed by atoms with Crippen LogP contribution >= 0.6 is 0 Å². The molecule has 1 heterocycles. The average Bonchev–Trinajstić information content (AvgIpc) is 3.13. The first-order valence-corrected chi connectivity index (χ1v) is 10.6. The topological polar surface area (TPSA) is 116 Å². The number of fused-ring (bicyclic) bond motifs is 1. The zero-order chi connectivity index (χ0) is 24.5. The number of amides is 2. The number of hydrogen-bond acceptors (Lipinski definition) is 6. The first-order chi connectivity index (χ1) is 17.0. The van der Waals surface area contributed by atoms with Gasteiger partial charge >= 0.3 is 0 Å². The minimum Gasteiger partial charge on any atom is -0.350 e. The standard InChI is InChI=1S/C27H16N4O4/c28-16-17-8-12-20(13-9-17)30-26(32)24(19-10-14-21(15-11-19)31(34)35)25(27(30)33)29-23-7-3-5-18-4-1-2-6-22(18)23/h1-15,29H. The SMILES string of the molecule is N#Cc1ccc(N2C(=O)C(Nc3cccc4ccccc34)=C(c3ccc([N+](=O)[O-])cc3)C2=O)cc1. The minimum atomic E-state index is -0.573. The summed E-state index contributed by atoms with van der Waals surface area (Å²) >= 11 is 0. The van der Waals surface area contributed by atoms with Crippen molar-refractivity contribution in [3.05, 3.63) is 118 Å². The lowest BCUT2D eigenvalue weighted by Gasteiger charge is -2.16. The summed E-state index contributed by atoms with van der Waals surface area (Å²) in [7, 11) is 0. The van der Waals surface area contributed by atoms with Gasteiger partial charge in [-0.15, -0.1) is 0 Å². The van der Waals surface area contributed by atoms with Crippen LogP contribution in [0.3, 0.4) is 0 Å². The van der Waals surface area contributed by atoms with E-state index in [1.165, 1.54) is 48.5 Å². The van der Waals surface area contributed by atoms with Crippen LogP contribution in [0.25, 0.3) is 16.3 Å². The van der Waals surface area contributed by atoms with E-state index >= 15 is 0 Å². The molecule has 0 atom stereocenters. The second-order valence-electron chi connectivity index (χ2n) is 7.81. The summed E-state index contributed by atoms with van der Waals surface area (Å²) in [5.74, 6) is -1.14. The van der Waals surface area contributed by atoms with Gasteiger partial charge in [0.25, 0.3) is 17.5 Å². The molecule has 168 valence electrons. The van der Waals surface area contributed by atoms with Crippen molar-refractivity contribution in [3.63, 3.8) is 0 Å². The minimum absolute atomic E-state index is 0.0598. The number of imide groups is 1. The summed E-state index contributed by atoms with van der Waals surface area (Å²) in [5.41, 5.74) is 1.75. The molecule has 5 rings (SSSR count). The Bertz CT molecular complexity index is 1580. The number of non-ortho nitro benzene ring substituents is 1. The third-order valence-electron chi connectivity index (χ3n) is 5.75. The van der Waals surface area contributed by atoms with E-state index < -0.39 is 16.7 Å². The monoisotopic (exact) mass is 460 g/mol. The average molecular weight is 460 g/mol. The van der Waals surface area contributed by atoms with Gasteiger partial charge in [0, 0.05) is 23.2 Å². The molecule has 0 unspecified atom stereocenters. The molecule has 4 aromatic rings. The second-order valence-corrected chi connectivity index (χ2v) is 7.81. The zero-order valence-corrected chi connectivity index (χ0v) is 18.1. The maximum Gasteiger partial charge on any atom is 0.282 e. The molecule has 2 amide bonds. The predicted molar refractivity (Wildman–Crippen MR) is 131 cm³/mol. The van der Waals surface area contributed by atoms with Gasteiger partial charge in [-0.25, -0.2) is 4.90 Å². The van der Waals surface area contributed by atoms with Crippen molar-refractivity contribution in [2.75, 3.05) is 10.2 Å². The summed E-state index contributed by atoms with van der Waals surface area (Å²) in [6.45, 7) is 0. The van der Waals surface area contributed by atoms with Crippen LogP contribution in [-0.2, 0) is 9.59 Å². The van der Waals surface area contributed by atoms with E-state index in [-0.39, 0.29) is 17.0 Å². The number of nitriles is 1. The van der Waals surface area contributed by atoms with E-state index in [0.717, 1.165) is 15.7 Å². The van der Waals surface area contributed by atoms with Gasteiger partial charge in [-0.05, 0) is 53.4 Å². The molecule has 8 nitrogen and oxygen atoms in total. The highest BCUT2D eigenvalue weighted by atomic mass is 16.6. The highest BCUT2D eigenvalue weighted by molar-refractivity contribution is 6.46. The Kier molecular flexibility index (Phi) is 5.28. The normalized spacial score (nSPS) is 13.3. The molecular formula is C27H16N4O4. The molecule has 0 saturated carbocycles.